The molecule has 2 rings (SSSR count). The van der Waals surface area contributed by atoms with Crippen LogP contribution in [-0.4, -0.2) is 24.1 Å². The third-order valence-corrected chi connectivity index (χ3v) is 2.59. The number of carbonyl (C=O) groups is 3. The van der Waals surface area contributed by atoms with Gasteiger partial charge in [0.25, 0.3) is 0 Å². The second-order valence-corrected chi connectivity index (χ2v) is 4.10. The Bertz CT molecular complexity index is 501. The first kappa shape index (κ1) is 13.9. The van der Waals surface area contributed by atoms with Crippen molar-refractivity contribution in [2.75, 3.05) is 0 Å². The second-order valence-electron chi connectivity index (χ2n) is 4.10. The largest absolute Gasteiger partial charge is 0.450 e. The third kappa shape index (κ3) is 3.98. The molecule has 1 unspecified atom stereocenters. The van der Waals surface area contributed by atoms with Crippen molar-refractivity contribution in [3.05, 3.63) is 35.9 Å². The number of carbonyl (C=O) groups excluding carboxylic acids is 3. The fourth-order valence-electron chi connectivity index (χ4n) is 1.60. The Kier molecular flexibility index (Phi) is 4.54. The minimum absolute atomic E-state index is 0.0582. The maximum absolute atomic E-state index is 11.4. The van der Waals surface area contributed by atoms with Gasteiger partial charge in [0.1, 0.15) is 6.61 Å². The van der Waals surface area contributed by atoms with Crippen molar-refractivity contribution < 1.29 is 28.7 Å². The summed E-state index contributed by atoms with van der Waals surface area (Å²) in [6, 6.07) is 9.04. The SMILES string of the molecule is O=C1CCC(C(=O)ONC(=O)OCc2ccccc2)O1. The molecule has 0 aliphatic carbocycles. The van der Waals surface area contributed by atoms with Crippen molar-refractivity contribution >= 4 is 18.0 Å². The van der Waals surface area contributed by atoms with E-state index < -0.39 is 24.1 Å². The van der Waals surface area contributed by atoms with Gasteiger partial charge in [0, 0.05) is 12.8 Å². The Morgan fingerprint density at radius 2 is 2.05 bits per heavy atom. The van der Waals surface area contributed by atoms with Gasteiger partial charge in [-0.3, -0.25) is 4.79 Å². The van der Waals surface area contributed by atoms with E-state index in [1.165, 1.54) is 0 Å². The first-order chi connectivity index (χ1) is 9.65. The molecule has 1 fully saturated rings. The lowest BCUT2D eigenvalue weighted by Gasteiger charge is -2.09. The van der Waals surface area contributed by atoms with Gasteiger partial charge in [0.2, 0.25) is 6.10 Å². The molecule has 1 aliphatic rings. The molecule has 7 nitrogen and oxygen atoms in total. The average Bonchev–Trinajstić information content (AvgIpc) is 2.90. The van der Waals surface area contributed by atoms with Crippen LogP contribution in [-0.2, 0) is 30.5 Å². The Labute approximate surface area is 114 Å². The van der Waals surface area contributed by atoms with E-state index in [-0.39, 0.29) is 19.4 Å². The lowest BCUT2D eigenvalue weighted by atomic mass is 10.2. The second kappa shape index (κ2) is 6.55. The van der Waals surface area contributed by atoms with Crippen LogP contribution in [0.25, 0.3) is 0 Å². The zero-order valence-electron chi connectivity index (χ0n) is 10.5. The van der Waals surface area contributed by atoms with Crippen LogP contribution in [0.1, 0.15) is 18.4 Å². The fraction of sp³-hybridized carbons (Fsp3) is 0.308. The van der Waals surface area contributed by atoms with Crippen molar-refractivity contribution in [2.24, 2.45) is 0 Å². The van der Waals surface area contributed by atoms with E-state index in [0.29, 0.717) is 0 Å². The molecule has 1 saturated heterocycles. The molecule has 1 atom stereocenters. The summed E-state index contributed by atoms with van der Waals surface area (Å²) in [5.41, 5.74) is 2.65. The van der Waals surface area contributed by atoms with Gasteiger partial charge in [0.15, 0.2) is 0 Å². The molecule has 7 heteroatoms. The summed E-state index contributed by atoms with van der Waals surface area (Å²) in [5, 5.41) is 0. The molecule has 0 spiro atoms. The number of amides is 1. The fourth-order valence-corrected chi connectivity index (χ4v) is 1.60. The number of benzene rings is 1. The monoisotopic (exact) mass is 279 g/mol. The average molecular weight is 279 g/mol. The summed E-state index contributed by atoms with van der Waals surface area (Å²) in [6.45, 7) is 0.0582. The lowest BCUT2D eigenvalue weighted by molar-refractivity contribution is -0.166. The van der Waals surface area contributed by atoms with Gasteiger partial charge in [-0.15, -0.1) is 5.48 Å². The van der Waals surface area contributed by atoms with Gasteiger partial charge in [0.05, 0.1) is 0 Å². The number of nitrogens with one attached hydrogen (secondary N) is 1. The van der Waals surface area contributed by atoms with E-state index >= 15 is 0 Å². The highest BCUT2D eigenvalue weighted by atomic mass is 16.7. The van der Waals surface area contributed by atoms with Crippen LogP contribution >= 0.6 is 0 Å². The molecule has 1 aliphatic heterocycles. The van der Waals surface area contributed by atoms with Crippen LogP contribution in [0.3, 0.4) is 0 Å². The van der Waals surface area contributed by atoms with E-state index in [4.69, 9.17) is 4.74 Å². The standard InChI is InChI=1S/C13H13NO6/c15-11-7-6-10(19-11)12(16)20-14-13(17)18-8-9-4-2-1-3-5-9/h1-5,10H,6-8H2,(H,14,17). The molecule has 0 aromatic heterocycles. The molecule has 1 N–H and O–H groups in total. The number of cyclic esters (lactones) is 1. The van der Waals surface area contributed by atoms with E-state index in [2.05, 4.69) is 9.57 Å². The van der Waals surface area contributed by atoms with E-state index in [0.717, 1.165) is 5.56 Å². The van der Waals surface area contributed by atoms with E-state index in [1.807, 2.05) is 23.7 Å². The first-order valence-electron chi connectivity index (χ1n) is 6.02. The topological polar surface area (TPSA) is 90.9 Å². The number of hydrogen-bond donors (Lipinski definition) is 1. The van der Waals surface area contributed by atoms with Crippen LogP contribution in [0.4, 0.5) is 4.79 Å². The maximum Gasteiger partial charge on any atom is 0.441 e. The van der Waals surface area contributed by atoms with Crippen LogP contribution in [0.5, 0.6) is 0 Å². The maximum atomic E-state index is 11.4. The van der Waals surface area contributed by atoms with Crippen LogP contribution in [0.15, 0.2) is 30.3 Å². The molecule has 20 heavy (non-hydrogen) atoms. The molecule has 106 valence electrons. The quantitative estimate of drug-likeness (QED) is 0.505. The van der Waals surface area contributed by atoms with Gasteiger partial charge < -0.3 is 14.3 Å². The van der Waals surface area contributed by atoms with E-state index in [1.54, 1.807) is 12.1 Å². The van der Waals surface area contributed by atoms with Gasteiger partial charge in [-0.05, 0) is 5.56 Å². The van der Waals surface area contributed by atoms with Crippen LogP contribution in [0.2, 0.25) is 0 Å². The highest BCUT2D eigenvalue weighted by Crippen LogP contribution is 2.14. The Morgan fingerprint density at radius 1 is 1.30 bits per heavy atom. The number of ether oxygens (including phenoxy) is 2. The van der Waals surface area contributed by atoms with Gasteiger partial charge in [-0.25, -0.2) is 9.59 Å². The predicted molar refractivity (Wildman–Crippen MR) is 65.0 cm³/mol. The molecule has 1 amide bonds. The lowest BCUT2D eigenvalue weighted by Crippen LogP contribution is -2.33. The van der Waals surface area contributed by atoms with Crippen molar-refractivity contribution in [3.63, 3.8) is 0 Å². The summed E-state index contributed by atoms with van der Waals surface area (Å²) >= 11 is 0. The summed E-state index contributed by atoms with van der Waals surface area (Å²) in [5.74, 6) is -1.29. The minimum atomic E-state index is -0.961. The number of esters is 1. The van der Waals surface area contributed by atoms with Crippen molar-refractivity contribution in [1.82, 2.24) is 5.48 Å². The predicted octanol–water partition coefficient (Wildman–Crippen LogP) is 1.08. The van der Waals surface area contributed by atoms with Crippen molar-refractivity contribution in [3.8, 4) is 0 Å². The van der Waals surface area contributed by atoms with Crippen LogP contribution in [0, 0.1) is 0 Å². The molecular weight excluding hydrogens is 266 g/mol. The Balaban J connectivity index is 1.67. The van der Waals surface area contributed by atoms with Gasteiger partial charge in [-0.1, -0.05) is 30.3 Å². The zero-order valence-corrected chi connectivity index (χ0v) is 10.5. The smallest absolute Gasteiger partial charge is 0.441 e. The number of hydroxylamine groups is 1. The summed E-state index contributed by atoms with van der Waals surface area (Å²) in [4.78, 5) is 38.0. The van der Waals surface area contributed by atoms with Crippen LogP contribution < -0.4 is 5.48 Å². The van der Waals surface area contributed by atoms with Gasteiger partial charge >= 0.3 is 18.0 Å². The molecular formula is C13H13NO6. The highest BCUT2D eigenvalue weighted by Gasteiger charge is 2.31. The summed E-state index contributed by atoms with van der Waals surface area (Å²) in [7, 11) is 0. The molecule has 0 bridgehead atoms. The normalized spacial score (nSPS) is 17.2. The Hall–Kier alpha value is -2.57. The van der Waals surface area contributed by atoms with Crippen molar-refractivity contribution in [2.45, 2.75) is 25.6 Å². The van der Waals surface area contributed by atoms with E-state index in [9.17, 15) is 14.4 Å². The number of hydrogen-bond acceptors (Lipinski definition) is 6. The molecule has 0 radical (unpaired) electrons. The molecule has 1 aromatic carbocycles. The summed E-state index contributed by atoms with van der Waals surface area (Å²) < 4.78 is 9.51. The highest BCUT2D eigenvalue weighted by molar-refractivity contribution is 5.83. The molecule has 1 heterocycles. The molecule has 1 aromatic rings. The summed E-state index contributed by atoms with van der Waals surface area (Å²) in [6.07, 6.45) is -1.44. The number of rotatable bonds is 3. The third-order valence-electron chi connectivity index (χ3n) is 2.59. The zero-order chi connectivity index (χ0) is 14.4. The minimum Gasteiger partial charge on any atom is -0.450 e. The Morgan fingerprint density at radius 3 is 2.70 bits per heavy atom. The first-order valence-corrected chi connectivity index (χ1v) is 6.02. The van der Waals surface area contributed by atoms with Crippen molar-refractivity contribution in [1.29, 1.82) is 0 Å². The molecule has 0 saturated carbocycles. The van der Waals surface area contributed by atoms with Gasteiger partial charge in [-0.2, -0.15) is 0 Å².